The lowest BCUT2D eigenvalue weighted by Gasteiger charge is -2.29. The fraction of sp³-hybridized carbons (Fsp3) is 0.391. The Labute approximate surface area is 188 Å². The molecule has 0 radical (unpaired) electrons. The second kappa shape index (κ2) is 11.9. The number of methoxy groups -OCH3 is 1. The highest BCUT2D eigenvalue weighted by molar-refractivity contribution is 7.99. The molecule has 30 heavy (non-hydrogen) atoms. The molecule has 7 heteroatoms. The van der Waals surface area contributed by atoms with Gasteiger partial charge in [-0.2, -0.15) is 0 Å². The molecule has 2 rings (SSSR count). The summed E-state index contributed by atoms with van der Waals surface area (Å²) in [5, 5.41) is 3.58. The van der Waals surface area contributed by atoms with Gasteiger partial charge < -0.3 is 15.0 Å². The second-order valence-electron chi connectivity index (χ2n) is 7.33. The van der Waals surface area contributed by atoms with Crippen molar-refractivity contribution in [3.05, 3.63) is 64.7 Å². The Balaban J connectivity index is 2.07. The Bertz CT molecular complexity index is 843. The molecule has 0 heterocycles. The van der Waals surface area contributed by atoms with E-state index < -0.39 is 6.04 Å². The normalized spacial score (nSPS) is 11.8. The smallest absolute Gasteiger partial charge is 0.242 e. The van der Waals surface area contributed by atoms with E-state index in [1.54, 1.807) is 18.9 Å². The fourth-order valence-electron chi connectivity index (χ4n) is 2.88. The first-order valence-corrected chi connectivity index (χ1v) is 11.4. The van der Waals surface area contributed by atoms with Crippen LogP contribution >= 0.6 is 23.4 Å². The van der Waals surface area contributed by atoms with Crippen LogP contribution in [-0.2, 0) is 21.9 Å². The van der Waals surface area contributed by atoms with Crippen molar-refractivity contribution in [2.75, 3.05) is 12.9 Å². The van der Waals surface area contributed by atoms with Crippen molar-refractivity contribution in [1.29, 1.82) is 0 Å². The zero-order valence-electron chi connectivity index (χ0n) is 17.9. The summed E-state index contributed by atoms with van der Waals surface area (Å²) in [6.45, 7) is 5.93. The van der Waals surface area contributed by atoms with Crippen molar-refractivity contribution in [2.24, 2.45) is 0 Å². The molecule has 2 aromatic rings. The molecule has 0 aliphatic heterocycles. The second-order valence-corrected chi connectivity index (χ2v) is 8.75. The first-order valence-electron chi connectivity index (χ1n) is 9.85. The maximum Gasteiger partial charge on any atom is 0.242 e. The molecule has 1 N–H and O–H groups in total. The van der Waals surface area contributed by atoms with Gasteiger partial charge in [-0.3, -0.25) is 9.59 Å². The van der Waals surface area contributed by atoms with Gasteiger partial charge in [0.1, 0.15) is 11.8 Å². The quantitative estimate of drug-likeness (QED) is 0.580. The molecule has 0 bridgehead atoms. The Morgan fingerprint density at radius 3 is 2.40 bits per heavy atom. The predicted molar refractivity (Wildman–Crippen MR) is 124 cm³/mol. The average Bonchev–Trinajstić information content (AvgIpc) is 2.71. The fourth-order valence-corrected chi connectivity index (χ4v) is 3.95. The van der Waals surface area contributed by atoms with Crippen LogP contribution in [0.15, 0.2) is 48.5 Å². The number of carbonyl (C=O) groups is 2. The van der Waals surface area contributed by atoms with Gasteiger partial charge in [-0.1, -0.05) is 35.9 Å². The number of carbonyl (C=O) groups excluding carboxylic acids is 2. The molecular formula is C23H29ClN2O3S. The third-order valence-electron chi connectivity index (χ3n) is 4.49. The van der Waals surface area contributed by atoms with Gasteiger partial charge in [-0.05, 0) is 56.2 Å². The SMILES string of the molecule is COc1ccc(CN(C(=O)CSCc2cccc(Cl)c2)[C@H](C)C(=O)NC(C)C)cc1. The van der Waals surface area contributed by atoms with Crippen LogP contribution in [0.1, 0.15) is 31.9 Å². The van der Waals surface area contributed by atoms with Gasteiger partial charge in [-0.25, -0.2) is 0 Å². The summed E-state index contributed by atoms with van der Waals surface area (Å²) >= 11 is 7.54. The van der Waals surface area contributed by atoms with E-state index in [1.165, 1.54) is 11.8 Å². The van der Waals surface area contributed by atoms with Crippen molar-refractivity contribution in [3.63, 3.8) is 0 Å². The number of nitrogens with one attached hydrogen (secondary N) is 1. The van der Waals surface area contributed by atoms with Crippen LogP contribution in [0, 0.1) is 0 Å². The van der Waals surface area contributed by atoms with E-state index in [0.29, 0.717) is 17.3 Å². The molecule has 162 valence electrons. The molecule has 2 aromatic carbocycles. The Kier molecular flexibility index (Phi) is 9.53. The van der Waals surface area contributed by atoms with E-state index in [2.05, 4.69) is 5.32 Å². The largest absolute Gasteiger partial charge is 0.497 e. The Morgan fingerprint density at radius 1 is 1.10 bits per heavy atom. The summed E-state index contributed by atoms with van der Waals surface area (Å²) in [7, 11) is 1.61. The molecule has 0 saturated heterocycles. The number of halogens is 1. The van der Waals surface area contributed by atoms with E-state index in [1.807, 2.05) is 62.4 Å². The number of hydrogen-bond donors (Lipinski definition) is 1. The summed E-state index contributed by atoms with van der Waals surface area (Å²) < 4.78 is 5.20. The van der Waals surface area contributed by atoms with E-state index in [-0.39, 0.29) is 23.6 Å². The zero-order chi connectivity index (χ0) is 22.1. The molecule has 0 spiro atoms. The minimum atomic E-state index is -0.575. The van der Waals surface area contributed by atoms with Crippen molar-refractivity contribution in [1.82, 2.24) is 10.2 Å². The van der Waals surface area contributed by atoms with Crippen molar-refractivity contribution < 1.29 is 14.3 Å². The van der Waals surface area contributed by atoms with Crippen LogP contribution in [0.25, 0.3) is 0 Å². The number of ether oxygens (including phenoxy) is 1. The molecule has 5 nitrogen and oxygen atoms in total. The summed E-state index contributed by atoms with van der Waals surface area (Å²) in [4.78, 5) is 27.2. The third-order valence-corrected chi connectivity index (χ3v) is 5.72. The number of rotatable bonds is 10. The molecule has 1 atom stereocenters. The van der Waals surface area contributed by atoms with E-state index >= 15 is 0 Å². The van der Waals surface area contributed by atoms with Crippen molar-refractivity contribution >= 4 is 35.2 Å². The van der Waals surface area contributed by atoms with Crippen LogP contribution in [-0.4, -0.2) is 41.7 Å². The molecule has 0 saturated carbocycles. The van der Waals surface area contributed by atoms with Gasteiger partial charge in [0.05, 0.1) is 12.9 Å². The molecule has 2 amide bonds. The minimum Gasteiger partial charge on any atom is -0.497 e. The standard InChI is InChI=1S/C23H29ClN2O3S/c1-16(2)25-23(28)17(3)26(13-18-8-10-21(29-4)11-9-18)22(27)15-30-14-19-6-5-7-20(24)12-19/h5-12,16-17H,13-15H2,1-4H3,(H,25,28)/t17-/m1/s1. The van der Waals surface area contributed by atoms with Gasteiger partial charge in [-0.15, -0.1) is 11.8 Å². The van der Waals surface area contributed by atoms with Gasteiger partial charge in [0.2, 0.25) is 11.8 Å². The molecule has 0 aliphatic carbocycles. The maximum absolute atomic E-state index is 13.0. The molecule has 0 aliphatic rings. The Morgan fingerprint density at radius 2 is 1.80 bits per heavy atom. The number of amides is 2. The third kappa shape index (κ3) is 7.58. The van der Waals surface area contributed by atoms with E-state index in [4.69, 9.17) is 16.3 Å². The Hall–Kier alpha value is -2.18. The van der Waals surface area contributed by atoms with Crippen LogP contribution < -0.4 is 10.1 Å². The molecular weight excluding hydrogens is 420 g/mol. The first-order chi connectivity index (χ1) is 14.3. The number of hydrogen-bond acceptors (Lipinski definition) is 4. The lowest BCUT2D eigenvalue weighted by molar-refractivity contribution is -0.138. The van der Waals surface area contributed by atoms with Crippen LogP contribution in [0.4, 0.5) is 0 Å². The van der Waals surface area contributed by atoms with Crippen LogP contribution in [0.5, 0.6) is 5.75 Å². The number of benzene rings is 2. The van der Waals surface area contributed by atoms with Gasteiger partial charge in [0, 0.05) is 23.4 Å². The highest BCUT2D eigenvalue weighted by atomic mass is 35.5. The summed E-state index contributed by atoms with van der Waals surface area (Å²) in [5.41, 5.74) is 2.00. The zero-order valence-corrected chi connectivity index (χ0v) is 19.4. The monoisotopic (exact) mass is 448 g/mol. The van der Waals surface area contributed by atoms with E-state index in [0.717, 1.165) is 16.9 Å². The van der Waals surface area contributed by atoms with E-state index in [9.17, 15) is 9.59 Å². The lowest BCUT2D eigenvalue weighted by atomic mass is 10.1. The van der Waals surface area contributed by atoms with Gasteiger partial charge in [0.15, 0.2) is 0 Å². The molecule has 0 aromatic heterocycles. The summed E-state index contributed by atoms with van der Waals surface area (Å²) in [5.74, 6) is 1.47. The topological polar surface area (TPSA) is 58.6 Å². The van der Waals surface area contributed by atoms with Crippen molar-refractivity contribution in [3.8, 4) is 5.75 Å². The predicted octanol–water partition coefficient (Wildman–Crippen LogP) is 4.52. The maximum atomic E-state index is 13.0. The van der Waals surface area contributed by atoms with Crippen LogP contribution in [0.3, 0.4) is 0 Å². The first kappa shape index (κ1) is 24.1. The summed E-state index contributed by atoms with van der Waals surface area (Å²) in [6.07, 6.45) is 0. The average molecular weight is 449 g/mol. The summed E-state index contributed by atoms with van der Waals surface area (Å²) in [6, 6.07) is 14.6. The lowest BCUT2D eigenvalue weighted by Crippen LogP contribution is -2.49. The highest BCUT2D eigenvalue weighted by Gasteiger charge is 2.26. The van der Waals surface area contributed by atoms with Gasteiger partial charge >= 0.3 is 0 Å². The molecule has 0 unspecified atom stereocenters. The molecule has 0 fully saturated rings. The van der Waals surface area contributed by atoms with Crippen LogP contribution in [0.2, 0.25) is 5.02 Å². The highest BCUT2D eigenvalue weighted by Crippen LogP contribution is 2.19. The van der Waals surface area contributed by atoms with Crippen molar-refractivity contribution in [2.45, 2.75) is 45.2 Å². The number of nitrogens with zero attached hydrogens (tertiary/aromatic N) is 1. The van der Waals surface area contributed by atoms with Gasteiger partial charge in [0.25, 0.3) is 0 Å². The number of thioether (sulfide) groups is 1. The minimum absolute atomic E-state index is 0.00935.